The van der Waals surface area contributed by atoms with Crippen molar-refractivity contribution in [3.05, 3.63) is 24.3 Å². The van der Waals surface area contributed by atoms with Crippen molar-refractivity contribution in [3.8, 4) is 0 Å². The summed E-state index contributed by atoms with van der Waals surface area (Å²) in [5.74, 6) is 1.48. The predicted molar refractivity (Wildman–Crippen MR) is 122 cm³/mol. The molecular weight excluding hydrogens is 474 g/mol. The van der Waals surface area contributed by atoms with Gasteiger partial charge in [0.25, 0.3) is 0 Å². The van der Waals surface area contributed by atoms with E-state index >= 15 is 0 Å². The van der Waals surface area contributed by atoms with Crippen molar-refractivity contribution >= 4 is 70.2 Å². The van der Waals surface area contributed by atoms with Gasteiger partial charge in [-0.25, -0.2) is 0 Å². The van der Waals surface area contributed by atoms with E-state index in [4.69, 9.17) is 9.98 Å². The molecule has 4 aliphatic rings. The summed E-state index contributed by atoms with van der Waals surface area (Å²) in [4.78, 5) is 10.5. The predicted octanol–water partition coefficient (Wildman–Crippen LogP) is 4.75. The second kappa shape index (κ2) is 7.40. The molecule has 144 valence electrons. The molecule has 2 fully saturated rings. The second-order valence-corrected chi connectivity index (χ2v) is 13.1. The van der Waals surface area contributed by atoms with Gasteiger partial charge in [-0.3, -0.25) is 0 Å². The average molecular weight is 500 g/mol. The van der Waals surface area contributed by atoms with Crippen LogP contribution in [0.1, 0.15) is 64.2 Å². The first kappa shape index (κ1) is 17.9. The van der Waals surface area contributed by atoms with Gasteiger partial charge in [-0.05, 0) is 0 Å². The molecule has 0 unspecified atom stereocenters. The van der Waals surface area contributed by atoms with Crippen molar-refractivity contribution in [2.24, 2.45) is 21.8 Å². The van der Waals surface area contributed by atoms with Gasteiger partial charge in [0.2, 0.25) is 0 Å². The Labute approximate surface area is 180 Å². The molecule has 0 bridgehead atoms. The van der Waals surface area contributed by atoms with Gasteiger partial charge in [0, 0.05) is 0 Å². The van der Waals surface area contributed by atoms with Gasteiger partial charge >= 0.3 is 180 Å². The van der Waals surface area contributed by atoms with E-state index in [2.05, 4.69) is 24.3 Å². The van der Waals surface area contributed by atoms with Crippen molar-refractivity contribution in [1.82, 2.24) is 0 Å². The van der Waals surface area contributed by atoms with Gasteiger partial charge in [0.15, 0.2) is 0 Å². The summed E-state index contributed by atoms with van der Waals surface area (Å²) in [6.07, 6.45) is 13.8. The molecule has 2 nitrogen and oxygen atoms in total. The zero-order valence-corrected chi connectivity index (χ0v) is 19.7. The van der Waals surface area contributed by atoms with E-state index in [1.165, 1.54) is 95.6 Å². The van der Waals surface area contributed by atoms with Gasteiger partial charge in [-0.1, -0.05) is 0 Å². The number of aliphatic imine (C=N–C) groups is 2. The normalized spacial score (nSPS) is 22.9. The van der Waals surface area contributed by atoms with Gasteiger partial charge in [0.1, 0.15) is 0 Å². The van der Waals surface area contributed by atoms with Gasteiger partial charge in [0.05, 0.1) is 0 Å². The number of hydrogen-bond donors (Lipinski definition) is 0. The van der Waals surface area contributed by atoms with E-state index in [9.17, 15) is 0 Å². The molecule has 0 spiro atoms. The summed E-state index contributed by atoms with van der Waals surface area (Å²) < 4.78 is 6.14. The maximum absolute atomic E-state index is 5.24. The first-order valence-corrected chi connectivity index (χ1v) is 14.4. The zero-order chi connectivity index (χ0) is 18.5. The minimum absolute atomic E-state index is 0.395. The summed E-state index contributed by atoms with van der Waals surface area (Å²) in [5, 5.41) is 2.89. The van der Waals surface area contributed by atoms with Crippen molar-refractivity contribution < 1.29 is 0 Å². The molecule has 2 aliphatic heterocycles. The Kier molecular flexibility index (Phi) is 4.73. The van der Waals surface area contributed by atoms with Crippen molar-refractivity contribution in [3.63, 3.8) is 0 Å². The summed E-state index contributed by atoms with van der Waals surface area (Å²) in [6, 6.07) is 9.44. The first-order valence-electron chi connectivity index (χ1n) is 11.0. The SMILES string of the molecule is c1cc2c3c(ccc4c3c1N=C(C1CCCCC1)[Se]4)N=C(C1CCCCC1)[Se]2. The molecular formula is C24H26N2Se2. The van der Waals surface area contributed by atoms with Crippen LogP contribution in [-0.2, 0) is 0 Å². The molecule has 28 heavy (non-hydrogen) atoms. The first-order chi connectivity index (χ1) is 13.9. The van der Waals surface area contributed by atoms with E-state index in [1.54, 1.807) is 8.92 Å². The van der Waals surface area contributed by atoms with E-state index in [0.29, 0.717) is 29.9 Å². The Balaban J connectivity index is 1.43. The van der Waals surface area contributed by atoms with Gasteiger partial charge in [-0.2, -0.15) is 0 Å². The third-order valence-corrected chi connectivity index (χ3v) is 11.8. The molecule has 0 radical (unpaired) electrons. The Morgan fingerprint density at radius 1 is 0.571 bits per heavy atom. The standard InChI is InChI=1S/C24H26N2Se2/c1-3-7-15(8-4-1)23-25-17-11-14-20-22-18(12-13-19(27-23)21(17)22)26-24(28-20)16-9-5-2-6-10-16/h11-16H,1-10H2. The van der Waals surface area contributed by atoms with Crippen molar-refractivity contribution in [2.75, 3.05) is 0 Å². The average Bonchev–Trinajstić information content (AvgIpc) is 2.78. The van der Waals surface area contributed by atoms with E-state index in [1.807, 2.05) is 0 Å². The minimum atomic E-state index is 0.395. The molecule has 2 aromatic carbocycles. The molecule has 4 heteroatoms. The van der Waals surface area contributed by atoms with E-state index < -0.39 is 0 Å². The van der Waals surface area contributed by atoms with Crippen LogP contribution < -0.4 is 8.92 Å². The van der Waals surface area contributed by atoms with Crippen LogP contribution in [0, 0.1) is 11.8 Å². The number of rotatable bonds is 2. The summed E-state index contributed by atoms with van der Waals surface area (Å²) in [6.45, 7) is 0. The van der Waals surface area contributed by atoms with Crippen LogP contribution in [0.3, 0.4) is 0 Å². The molecule has 2 aromatic rings. The Hall–Kier alpha value is -0.921. The molecule has 2 saturated carbocycles. The Morgan fingerprint density at radius 2 is 1.00 bits per heavy atom. The van der Waals surface area contributed by atoms with E-state index in [-0.39, 0.29) is 0 Å². The molecule has 2 aliphatic carbocycles. The monoisotopic (exact) mass is 502 g/mol. The number of hydrogen-bond acceptors (Lipinski definition) is 2. The van der Waals surface area contributed by atoms with Crippen LogP contribution in [0.5, 0.6) is 0 Å². The fraction of sp³-hybridized carbons (Fsp3) is 0.500. The topological polar surface area (TPSA) is 24.7 Å². The summed E-state index contributed by atoms with van der Waals surface area (Å²) >= 11 is 0.791. The van der Waals surface area contributed by atoms with Gasteiger partial charge < -0.3 is 0 Å². The van der Waals surface area contributed by atoms with Crippen LogP contribution in [-0.4, -0.2) is 39.1 Å². The molecule has 0 saturated heterocycles. The summed E-state index contributed by atoms with van der Waals surface area (Å²) in [7, 11) is 0. The van der Waals surface area contributed by atoms with Crippen molar-refractivity contribution in [1.29, 1.82) is 0 Å². The van der Waals surface area contributed by atoms with Gasteiger partial charge in [-0.15, -0.1) is 0 Å². The Bertz CT molecular complexity index is 914. The fourth-order valence-corrected chi connectivity index (χ4v) is 10.4. The maximum atomic E-state index is 5.24. The molecule has 0 atom stereocenters. The fourth-order valence-electron chi connectivity index (χ4n) is 5.31. The van der Waals surface area contributed by atoms with Crippen LogP contribution in [0.15, 0.2) is 34.3 Å². The van der Waals surface area contributed by atoms with Crippen molar-refractivity contribution in [2.45, 2.75) is 64.2 Å². The van der Waals surface area contributed by atoms with Crippen LogP contribution >= 0.6 is 0 Å². The van der Waals surface area contributed by atoms with Crippen LogP contribution in [0.2, 0.25) is 0 Å². The molecule has 2 heterocycles. The molecule has 0 N–H and O–H groups in total. The molecule has 6 rings (SSSR count). The Morgan fingerprint density at radius 3 is 1.43 bits per heavy atom. The third kappa shape index (κ3) is 3.05. The zero-order valence-electron chi connectivity index (χ0n) is 16.2. The van der Waals surface area contributed by atoms with E-state index in [0.717, 1.165) is 11.8 Å². The quantitative estimate of drug-likeness (QED) is 0.532. The van der Waals surface area contributed by atoms with Crippen LogP contribution in [0.4, 0.5) is 11.4 Å². The molecule has 0 amide bonds. The molecule has 0 aromatic heterocycles. The summed E-state index contributed by atoms with van der Waals surface area (Å²) in [5.41, 5.74) is 2.47. The number of nitrogens with zero attached hydrogens (tertiary/aromatic N) is 2. The second-order valence-electron chi connectivity index (χ2n) is 8.69. The van der Waals surface area contributed by atoms with Crippen LogP contribution in [0.25, 0.3) is 10.8 Å². The third-order valence-electron chi connectivity index (χ3n) is 6.84. The number of benzene rings is 2.